The summed E-state index contributed by atoms with van der Waals surface area (Å²) in [6, 6.07) is 3.48. The van der Waals surface area contributed by atoms with Crippen LogP contribution < -0.4 is 27.2 Å². The number of β-lactam (4-membered cyclic amide) rings is 1. The van der Waals surface area contributed by atoms with Gasteiger partial charge < -0.3 is 26.8 Å². The third kappa shape index (κ3) is 5.62. The second-order valence-electron chi connectivity index (χ2n) is 9.30. The predicted octanol–water partition coefficient (Wildman–Crippen LogP) is -1.59. The van der Waals surface area contributed by atoms with E-state index < -0.39 is 52.7 Å². The fraction of sp³-hybridized carbons (Fsp3) is 0.208. The summed E-state index contributed by atoms with van der Waals surface area (Å²) in [6.45, 7) is 0. The van der Waals surface area contributed by atoms with Gasteiger partial charge in [-0.1, -0.05) is 24.4 Å². The summed E-state index contributed by atoms with van der Waals surface area (Å²) >= 11 is 6.60. The van der Waals surface area contributed by atoms with Crippen molar-refractivity contribution in [3.8, 4) is 0 Å². The van der Waals surface area contributed by atoms with E-state index in [1.807, 2.05) is 0 Å². The molecule has 20 heteroatoms. The Bertz CT molecular complexity index is 1800. The summed E-state index contributed by atoms with van der Waals surface area (Å²) < 4.78 is 1.28. The maximum atomic E-state index is 13.6. The highest BCUT2D eigenvalue weighted by Gasteiger charge is 2.55. The van der Waals surface area contributed by atoms with E-state index in [0.717, 1.165) is 11.0 Å². The van der Waals surface area contributed by atoms with Crippen LogP contribution in [0.1, 0.15) is 27.8 Å². The van der Waals surface area contributed by atoms with Crippen LogP contribution in [0.15, 0.2) is 52.6 Å². The van der Waals surface area contributed by atoms with Crippen LogP contribution in [-0.4, -0.2) is 92.2 Å². The summed E-state index contributed by atoms with van der Waals surface area (Å²) in [6.07, 6.45) is 1.19. The molecule has 0 bridgehead atoms. The number of carboxylic acid groups (broad SMARTS) is 1. The van der Waals surface area contributed by atoms with Crippen LogP contribution in [0.25, 0.3) is 0 Å². The molecule has 226 valence electrons. The second-order valence-corrected chi connectivity index (χ2v) is 10.8. The number of carbonyl (C=O) groups is 5. The Morgan fingerprint density at radius 1 is 1.18 bits per heavy atom. The van der Waals surface area contributed by atoms with Crippen molar-refractivity contribution in [3.05, 3.63) is 75.1 Å². The molecule has 2 unspecified atom stereocenters. The summed E-state index contributed by atoms with van der Waals surface area (Å²) in [5.41, 5.74) is 4.37. The first-order valence-electron chi connectivity index (χ1n) is 12.5. The maximum Gasteiger partial charge on any atom is 0.353 e. The number of aromatic amines is 1. The van der Waals surface area contributed by atoms with Gasteiger partial charge in [-0.2, -0.15) is 5.10 Å². The molecule has 4 heterocycles. The molecule has 2 aliphatic heterocycles. The average Bonchev–Trinajstić information content (AvgIpc) is 3.43. The van der Waals surface area contributed by atoms with Crippen LogP contribution >= 0.6 is 24.0 Å². The molecule has 3 aromatic rings. The number of hydrogen-bond donors (Lipinski definition) is 6. The smallest absolute Gasteiger partial charge is 0.353 e. The SMILES string of the molecule is Cn1nnnc1C(=S)C1=C(C(=O)O)N2C(=O)C(NC(=O)C(NC(=O)c3ccn[nH]c3=O)c3ccc(NC(N)=O)cc3)[C@@H]2SC1. The molecule has 3 atom stereocenters. The average molecular weight is 640 g/mol. The van der Waals surface area contributed by atoms with Crippen molar-refractivity contribution in [1.29, 1.82) is 0 Å². The molecule has 18 nitrogen and oxygen atoms in total. The number of aliphatic carboxylic acids is 1. The van der Waals surface area contributed by atoms with Gasteiger partial charge in [0.1, 0.15) is 28.7 Å². The number of benzene rings is 1. The standard InChI is InChI=1S/C24H21N11O7S2/c1-34-17(30-32-33-34)16(43)12-8-44-22-14(21(39)35(22)15(12)23(40)41)29-20(38)13(9-2-4-10(5-3-9)27-24(25)42)28-18(36)11-6-7-26-31-19(11)37/h2-7,13-14,22H,8H2,1H3,(H,28,36)(H,29,38)(H,31,37)(H,40,41)(H3,25,27,42)/t13?,14?,22-/m0/s1. The molecule has 1 saturated heterocycles. The molecule has 5 rings (SSSR count). The second kappa shape index (κ2) is 12.0. The van der Waals surface area contributed by atoms with Crippen LogP contribution in [0.5, 0.6) is 0 Å². The number of nitrogens with two attached hydrogens (primary N) is 1. The fourth-order valence-electron chi connectivity index (χ4n) is 4.52. The molecule has 1 aromatic carbocycles. The first-order valence-corrected chi connectivity index (χ1v) is 13.9. The number of urea groups is 1. The quantitative estimate of drug-likeness (QED) is 0.0878. The number of H-pyrrole nitrogens is 1. The predicted molar refractivity (Wildman–Crippen MR) is 155 cm³/mol. The number of carbonyl (C=O) groups excluding carboxylic acids is 4. The Morgan fingerprint density at radius 3 is 2.52 bits per heavy atom. The van der Waals surface area contributed by atoms with Crippen molar-refractivity contribution in [2.75, 3.05) is 11.1 Å². The van der Waals surface area contributed by atoms with Gasteiger partial charge in [0.25, 0.3) is 17.4 Å². The lowest BCUT2D eigenvalue weighted by Crippen LogP contribution is -2.71. The Kier molecular flexibility index (Phi) is 8.18. The van der Waals surface area contributed by atoms with E-state index in [2.05, 4.69) is 41.7 Å². The van der Waals surface area contributed by atoms with Gasteiger partial charge in [0.05, 0.1) is 4.86 Å². The number of tetrazole rings is 1. The van der Waals surface area contributed by atoms with Crippen molar-refractivity contribution < 1.29 is 29.1 Å². The Hall–Kier alpha value is -5.50. The third-order valence-electron chi connectivity index (χ3n) is 6.59. The van der Waals surface area contributed by atoms with Gasteiger partial charge in [-0.05, 0) is 34.2 Å². The topological polar surface area (TPSA) is 260 Å². The number of rotatable bonds is 9. The number of aromatic nitrogens is 6. The van der Waals surface area contributed by atoms with Gasteiger partial charge in [-0.25, -0.2) is 19.4 Å². The Labute approximate surface area is 255 Å². The normalized spacial score (nSPS) is 18.0. The minimum atomic E-state index is -1.42. The largest absolute Gasteiger partial charge is 0.477 e. The van der Waals surface area contributed by atoms with E-state index >= 15 is 0 Å². The molecule has 1 fully saturated rings. The molecular formula is C24H21N11O7S2. The molecule has 0 saturated carbocycles. The minimum Gasteiger partial charge on any atom is -0.477 e. The summed E-state index contributed by atoms with van der Waals surface area (Å²) in [7, 11) is 1.53. The summed E-state index contributed by atoms with van der Waals surface area (Å²) in [5, 5.41) is 33.3. The lowest BCUT2D eigenvalue weighted by atomic mass is 9.99. The van der Waals surface area contributed by atoms with E-state index in [1.165, 1.54) is 54.0 Å². The van der Waals surface area contributed by atoms with Crippen molar-refractivity contribution in [1.82, 2.24) is 45.9 Å². The van der Waals surface area contributed by atoms with Gasteiger partial charge in [-0.15, -0.1) is 16.9 Å². The van der Waals surface area contributed by atoms with Crippen LogP contribution in [-0.2, 0) is 21.4 Å². The van der Waals surface area contributed by atoms with E-state index in [1.54, 1.807) is 0 Å². The molecule has 2 aromatic heterocycles. The van der Waals surface area contributed by atoms with Crippen molar-refractivity contribution >= 4 is 64.3 Å². The van der Waals surface area contributed by atoms with Crippen molar-refractivity contribution in [2.24, 2.45) is 12.8 Å². The number of thioether (sulfide) groups is 1. The number of nitrogens with one attached hydrogen (secondary N) is 4. The van der Waals surface area contributed by atoms with Crippen molar-refractivity contribution in [2.45, 2.75) is 17.5 Å². The van der Waals surface area contributed by atoms with E-state index in [4.69, 9.17) is 18.0 Å². The maximum absolute atomic E-state index is 13.6. The number of primary amides is 1. The molecule has 0 spiro atoms. The number of amides is 5. The lowest BCUT2D eigenvalue weighted by Gasteiger charge is -2.49. The molecular weight excluding hydrogens is 618 g/mol. The number of aryl methyl sites for hydroxylation is 1. The van der Waals surface area contributed by atoms with Crippen LogP contribution in [0.3, 0.4) is 0 Å². The molecule has 5 amide bonds. The highest BCUT2D eigenvalue weighted by Crippen LogP contribution is 2.41. The number of nitrogens with zero attached hydrogens (tertiary/aromatic N) is 6. The van der Waals surface area contributed by atoms with E-state index in [0.29, 0.717) is 5.69 Å². The number of thiocarbonyl (C=S) groups is 1. The van der Waals surface area contributed by atoms with Gasteiger partial charge >= 0.3 is 12.0 Å². The third-order valence-corrected chi connectivity index (χ3v) is 8.30. The van der Waals surface area contributed by atoms with E-state index in [-0.39, 0.29) is 38.8 Å². The van der Waals surface area contributed by atoms with Crippen LogP contribution in [0.4, 0.5) is 10.5 Å². The number of hydrogen-bond acceptors (Lipinski definition) is 12. The first kappa shape index (κ1) is 30.0. The van der Waals surface area contributed by atoms with Gasteiger partial charge in [0.2, 0.25) is 5.91 Å². The van der Waals surface area contributed by atoms with Crippen LogP contribution in [0.2, 0.25) is 0 Å². The fourth-order valence-corrected chi connectivity index (χ4v) is 6.31. The Balaban J connectivity index is 1.40. The zero-order valence-electron chi connectivity index (χ0n) is 22.4. The molecule has 2 aliphatic rings. The lowest BCUT2D eigenvalue weighted by molar-refractivity contribution is -0.150. The van der Waals surface area contributed by atoms with Gasteiger partial charge in [0.15, 0.2) is 5.82 Å². The molecule has 7 N–H and O–H groups in total. The summed E-state index contributed by atoms with van der Waals surface area (Å²) in [5.74, 6) is -3.64. The van der Waals surface area contributed by atoms with Gasteiger partial charge in [-0.3, -0.25) is 24.1 Å². The number of fused-ring (bicyclic) bond motifs is 1. The summed E-state index contributed by atoms with van der Waals surface area (Å²) in [4.78, 5) is 76.5. The Morgan fingerprint density at radius 2 is 1.91 bits per heavy atom. The zero-order valence-corrected chi connectivity index (χ0v) is 24.0. The van der Waals surface area contributed by atoms with E-state index in [9.17, 15) is 33.9 Å². The molecule has 0 aliphatic carbocycles. The number of carboxylic acids is 1. The highest BCUT2D eigenvalue weighted by atomic mass is 32.2. The molecule has 0 radical (unpaired) electrons. The first-order chi connectivity index (χ1) is 21.0. The van der Waals surface area contributed by atoms with Gasteiger partial charge in [0, 0.05) is 30.3 Å². The molecule has 44 heavy (non-hydrogen) atoms. The zero-order chi connectivity index (χ0) is 31.7. The minimum absolute atomic E-state index is 0.0595. The van der Waals surface area contributed by atoms with Crippen LogP contribution in [0, 0.1) is 0 Å². The number of anilines is 1. The highest BCUT2D eigenvalue weighted by molar-refractivity contribution is 8.00. The van der Waals surface area contributed by atoms with Crippen molar-refractivity contribution in [3.63, 3.8) is 0 Å². The monoisotopic (exact) mass is 639 g/mol.